The Morgan fingerprint density at radius 2 is 2.00 bits per heavy atom. The van der Waals surface area contributed by atoms with E-state index in [0.717, 1.165) is 32.0 Å². The summed E-state index contributed by atoms with van der Waals surface area (Å²) in [4.78, 5) is 23.5. The van der Waals surface area contributed by atoms with Crippen LogP contribution in [0, 0.1) is 17.8 Å². The number of carbonyl (C=O) groups excluding carboxylic acids is 2. The SMILES string of the molecule is CC(C)(C)O[C@@H]1[C@H]2C(=O)CCCC[C@H]2C[C@H]1C=O. The van der Waals surface area contributed by atoms with E-state index in [-0.39, 0.29) is 23.5 Å². The number of ether oxygens (including phenoxy) is 1. The summed E-state index contributed by atoms with van der Waals surface area (Å²) in [6.45, 7) is 5.97. The van der Waals surface area contributed by atoms with Crippen LogP contribution in [0.5, 0.6) is 0 Å². The first-order chi connectivity index (χ1) is 8.42. The van der Waals surface area contributed by atoms with Crippen molar-refractivity contribution in [3.8, 4) is 0 Å². The number of ketones is 1. The van der Waals surface area contributed by atoms with E-state index in [1.807, 2.05) is 20.8 Å². The van der Waals surface area contributed by atoms with Crippen molar-refractivity contribution in [3.63, 3.8) is 0 Å². The van der Waals surface area contributed by atoms with Gasteiger partial charge in [0, 0.05) is 18.3 Å². The van der Waals surface area contributed by atoms with Gasteiger partial charge < -0.3 is 9.53 Å². The number of aldehydes is 1. The van der Waals surface area contributed by atoms with Gasteiger partial charge in [-0.25, -0.2) is 0 Å². The molecule has 0 aromatic carbocycles. The maximum Gasteiger partial charge on any atom is 0.138 e. The molecule has 18 heavy (non-hydrogen) atoms. The second kappa shape index (κ2) is 5.12. The van der Waals surface area contributed by atoms with Crippen molar-refractivity contribution < 1.29 is 14.3 Å². The lowest BCUT2D eigenvalue weighted by molar-refractivity contribution is -0.139. The monoisotopic (exact) mass is 252 g/mol. The zero-order valence-electron chi connectivity index (χ0n) is 11.6. The lowest BCUT2D eigenvalue weighted by atomic mass is 9.89. The summed E-state index contributed by atoms with van der Waals surface area (Å²) in [5, 5.41) is 0. The van der Waals surface area contributed by atoms with E-state index in [0.29, 0.717) is 18.1 Å². The van der Waals surface area contributed by atoms with Crippen molar-refractivity contribution in [1.82, 2.24) is 0 Å². The zero-order valence-corrected chi connectivity index (χ0v) is 11.6. The van der Waals surface area contributed by atoms with Gasteiger partial charge in [0.2, 0.25) is 0 Å². The first kappa shape index (κ1) is 13.7. The maximum absolute atomic E-state index is 12.3. The number of carbonyl (C=O) groups is 2. The number of hydrogen-bond donors (Lipinski definition) is 0. The molecule has 3 heteroatoms. The van der Waals surface area contributed by atoms with Crippen molar-refractivity contribution in [2.24, 2.45) is 17.8 Å². The molecule has 2 saturated carbocycles. The Kier molecular flexibility index (Phi) is 3.90. The van der Waals surface area contributed by atoms with Crippen molar-refractivity contribution >= 4 is 12.1 Å². The molecule has 2 aliphatic carbocycles. The van der Waals surface area contributed by atoms with Gasteiger partial charge in [-0.1, -0.05) is 6.42 Å². The van der Waals surface area contributed by atoms with Crippen molar-refractivity contribution in [2.45, 2.75) is 64.6 Å². The van der Waals surface area contributed by atoms with Crippen LogP contribution in [-0.2, 0) is 14.3 Å². The highest BCUT2D eigenvalue weighted by atomic mass is 16.5. The van der Waals surface area contributed by atoms with Crippen LogP contribution in [0.1, 0.15) is 52.9 Å². The van der Waals surface area contributed by atoms with Crippen molar-refractivity contribution in [3.05, 3.63) is 0 Å². The number of hydrogen-bond acceptors (Lipinski definition) is 3. The van der Waals surface area contributed by atoms with Gasteiger partial charge in [0.1, 0.15) is 12.1 Å². The zero-order chi connectivity index (χ0) is 13.3. The largest absolute Gasteiger partial charge is 0.371 e. The molecule has 0 saturated heterocycles. The van der Waals surface area contributed by atoms with Gasteiger partial charge in [-0.3, -0.25) is 4.79 Å². The molecule has 2 rings (SSSR count). The normalized spacial score (nSPS) is 37.2. The summed E-state index contributed by atoms with van der Waals surface area (Å²) < 4.78 is 6.05. The van der Waals surface area contributed by atoms with Crippen LogP contribution in [0.2, 0.25) is 0 Å². The van der Waals surface area contributed by atoms with Gasteiger partial charge in [-0.15, -0.1) is 0 Å². The summed E-state index contributed by atoms with van der Waals surface area (Å²) in [5.41, 5.74) is -0.298. The number of Topliss-reactive ketones (excluding diaryl/α,β-unsaturated/α-hetero) is 1. The third-order valence-corrected chi connectivity index (χ3v) is 4.14. The first-order valence-corrected chi connectivity index (χ1v) is 7.08. The number of rotatable bonds is 2. The highest BCUT2D eigenvalue weighted by Crippen LogP contribution is 2.44. The van der Waals surface area contributed by atoms with Crippen LogP contribution in [-0.4, -0.2) is 23.8 Å². The molecule has 0 N–H and O–H groups in total. The molecular weight excluding hydrogens is 228 g/mol. The molecule has 0 aromatic rings. The summed E-state index contributed by atoms with van der Waals surface area (Å²) in [6, 6.07) is 0. The Bertz CT molecular complexity index is 329. The minimum atomic E-state index is -0.298. The van der Waals surface area contributed by atoms with Crippen LogP contribution in [0.15, 0.2) is 0 Å². The highest BCUT2D eigenvalue weighted by Gasteiger charge is 2.48. The third kappa shape index (κ3) is 2.82. The minimum absolute atomic E-state index is 0.0399. The summed E-state index contributed by atoms with van der Waals surface area (Å²) in [5.74, 6) is 0.543. The standard InChI is InChI=1S/C15H24O3/c1-15(2,3)18-14-11(9-16)8-10-6-4-5-7-12(17)13(10)14/h9-11,13-14H,4-8H2,1-3H3/t10-,11-,13+,14-/m0/s1. The fraction of sp³-hybridized carbons (Fsp3) is 0.867. The van der Waals surface area contributed by atoms with Gasteiger partial charge in [0.25, 0.3) is 0 Å². The Morgan fingerprint density at radius 3 is 2.61 bits per heavy atom. The number of fused-ring (bicyclic) bond motifs is 1. The van der Waals surface area contributed by atoms with Crippen LogP contribution >= 0.6 is 0 Å². The van der Waals surface area contributed by atoms with Gasteiger partial charge in [-0.05, 0) is 46.0 Å². The van der Waals surface area contributed by atoms with Crippen LogP contribution in [0.4, 0.5) is 0 Å². The molecule has 0 bridgehead atoms. The molecule has 102 valence electrons. The summed E-state index contributed by atoms with van der Waals surface area (Å²) in [7, 11) is 0. The average molecular weight is 252 g/mol. The molecule has 0 unspecified atom stereocenters. The smallest absolute Gasteiger partial charge is 0.138 e. The predicted octanol–water partition coefficient (Wildman–Crippen LogP) is 2.76. The summed E-state index contributed by atoms with van der Waals surface area (Å²) in [6.07, 6.45) is 5.49. The Morgan fingerprint density at radius 1 is 1.28 bits per heavy atom. The van der Waals surface area contributed by atoms with E-state index in [1.54, 1.807) is 0 Å². The lowest BCUT2D eigenvalue weighted by Gasteiger charge is -2.31. The molecular formula is C15H24O3. The molecule has 0 spiro atoms. The van der Waals surface area contributed by atoms with Crippen LogP contribution < -0.4 is 0 Å². The molecule has 0 radical (unpaired) electrons. The minimum Gasteiger partial charge on any atom is -0.371 e. The van der Waals surface area contributed by atoms with Crippen LogP contribution in [0.25, 0.3) is 0 Å². The van der Waals surface area contributed by atoms with E-state index in [9.17, 15) is 9.59 Å². The lowest BCUT2D eigenvalue weighted by Crippen LogP contribution is -2.38. The molecule has 4 atom stereocenters. The quantitative estimate of drug-likeness (QED) is 0.710. The average Bonchev–Trinajstić information content (AvgIpc) is 2.48. The predicted molar refractivity (Wildman–Crippen MR) is 69.3 cm³/mol. The van der Waals surface area contributed by atoms with E-state index < -0.39 is 0 Å². The van der Waals surface area contributed by atoms with E-state index in [2.05, 4.69) is 0 Å². The molecule has 2 aliphatic rings. The van der Waals surface area contributed by atoms with Crippen molar-refractivity contribution in [2.75, 3.05) is 0 Å². The molecule has 0 aromatic heterocycles. The topological polar surface area (TPSA) is 43.4 Å². The first-order valence-electron chi connectivity index (χ1n) is 7.08. The van der Waals surface area contributed by atoms with Gasteiger partial charge >= 0.3 is 0 Å². The highest BCUT2D eigenvalue weighted by molar-refractivity contribution is 5.83. The van der Waals surface area contributed by atoms with Gasteiger partial charge in [0.05, 0.1) is 11.7 Å². The second-order valence-corrected chi connectivity index (χ2v) is 6.73. The fourth-order valence-corrected chi connectivity index (χ4v) is 3.48. The third-order valence-electron chi connectivity index (χ3n) is 4.14. The fourth-order valence-electron chi connectivity index (χ4n) is 3.48. The van der Waals surface area contributed by atoms with Gasteiger partial charge in [0.15, 0.2) is 0 Å². The maximum atomic E-state index is 12.3. The van der Waals surface area contributed by atoms with E-state index in [4.69, 9.17) is 4.74 Å². The second-order valence-electron chi connectivity index (χ2n) is 6.73. The molecule has 0 aliphatic heterocycles. The molecule has 3 nitrogen and oxygen atoms in total. The molecule has 2 fully saturated rings. The summed E-state index contributed by atoms with van der Waals surface area (Å²) >= 11 is 0. The Hall–Kier alpha value is -0.700. The molecule has 0 heterocycles. The van der Waals surface area contributed by atoms with Crippen LogP contribution in [0.3, 0.4) is 0 Å². The van der Waals surface area contributed by atoms with E-state index >= 15 is 0 Å². The van der Waals surface area contributed by atoms with Gasteiger partial charge in [-0.2, -0.15) is 0 Å². The van der Waals surface area contributed by atoms with E-state index in [1.165, 1.54) is 0 Å². The molecule has 0 amide bonds. The Labute approximate surface area is 109 Å². The Balaban J connectivity index is 2.21. The van der Waals surface area contributed by atoms with Crippen molar-refractivity contribution in [1.29, 1.82) is 0 Å².